The fourth-order valence-corrected chi connectivity index (χ4v) is 1.18. The maximum absolute atomic E-state index is 10.6. The molecular formula is C10H13ClN2O2. The van der Waals surface area contributed by atoms with Gasteiger partial charge in [-0.2, -0.15) is 0 Å². The zero-order valence-corrected chi connectivity index (χ0v) is 8.91. The summed E-state index contributed by atoms with van der Waals surface area (Å²) in [6.45, 7) is 0.338. The zero-order valence-electron chi connectivity index (χ0n) is 8.15. The topological polar surface area (TPSA) is 78.3 Å². The van der Waals surface area contributed by atoms with Crippen LogP contribution in [0.1, 0.15) is 6.42 Å². The Kier molecular flexibility index (Phi) is 4.39. The summed E-state index contributed by atoms with van der Waals surface area (Å²) in [5.74, 6) is 0.129. The first-order valence-electron chi connectivity index (χ1n) is 4.53. The van der Waals surface area contributed by atoms with Crippen LogP contribution in [0.4, 0.5) is 0 Å². The number of carbonyl (C=O) groups is 1. The lowest BCUT2D eigenvalue weighted by Gasteiger charge is -2.09. The second-order valence-electron chi connectivity index (χ2n) is 3.10. The Hall–Kier alpha value is -1.26. The van der Waals surface area contributed by atoms with E-state index in [9.17, 15) is 4.79 Å². The molecule has 5 heteroatoms. The van der Waals surface area contributed by atoms with Crippen LogP contribution in [-0.2, 0) is 4.79 Å². The highest BCUT2D eigenvalue weighted by Gasteiger charge is 2.08. The van der Waals surface area contributed by atoms with Gasteiger partial charge in [-0.25, -0.2) is 0 Å². The SMILES string of the molecule is NC(=O)[C@@H](N)CCOc1cccc(Cl)c1. The fraction of sp³-hybridized carbons (Fsp3) is 0.300. The molecule has 0 fully saturated rings. The molecule has 0 aromatic heterocycles. The first-order chi connectivity index (χ1) is 7.09. The van der Waals surface area contributed by atoms with Crippen molar-refractivity contribution in [3.05, 3.63) is 29.3 Å². The molecule has 0 radical (unpaired) electrons. The standard InChI is InChI=1S/C10H13ClN2O2/c11-7-2-1-3-8(6-7)15-5-4-9(12)10(13)14/h1-3,6,9H,4-5,12H2,(H2,13,14)/t9-/m0/s1. The summed E-state index contributed by atoms with van der Waals surface area (Å²) >= 11 is 5.76. The van der Waals surface area contributed by atoms with E-state index in [1.165, 1.54) is 0 Å². The predicted molar refractivity (Wildman–Crippen MR) is 58.7 cm³/mol. The second-order valence-corrected chi connectivity index (χ2v) is 3.54. The first-order valence-corrected chi connectivity index (χ1v) is 4.90. The number of amides is 1. The quantitative estimate of drug-likeness (QED) is 0.787. The lowest BCUT2D eigenvalue weighted by atomic mass is 10.2. The van der Waals surface area contributed by atoms with Gasteiger partial charge in [-0.1, -0.05) is 17.7 Å². The monoisotopic (exact) mass is 228 g/mol. The summed E-state index contributed by atoms with van der Waals surface area (Å²) in [6.07, 6.45) is 0.391. The number of hydrogen-bond donors (Lipinski definition) is 2. The maximum atomic E-state index is 10.6. The molecule has 15 heavy (non-hydrogen) atoms. The number of hydrogen-bond acceptors (Lipinski definition) is 3. The van der Waals surface area contributed by atoms with E-state index in [1.807, 2.05) is 0 Å². The molecule has 82 valence electrons. The summed E-state index contributed by atoms with van der Waals surface area (Å²) < 4.78 is 5.34. The van der Waals surface area contributed by atoms with Crippen molar-refractivity contribution in [2.45, 2.75) is 12.5 Å². The smallest absolute Gasteiger partial charge is 0.234 e. The van der Waals surface area contributed by atoms with Crippen molar-refractivity contribution in [1.29, 1.82) is 0 Å². The molecule has 4 N–H and O–H groups in total. The Morgan fingerprint density at radius 1 is 1.53 bits per heavy atom. The predicted octanol–water partition coefficient (Wildman–Crippen LogP) is 0.922. The molecule has 0 aliphatic rings. The van der Waals surface area contributed by atoms with Crippen LogP contribution in [0.25, 0.3) is 0 Å². The van der Waals surface area contributed by atoms with Gasteiger partial charge in [-0.3, -0.25) is 4.79 Å². The molecule has 0 aliphatic heterocycles. The van der Waals surface area contributed by atoms with Gasteiger partial charge in [0, 0.05) is 11.4 Å². The molecule has 0 aliphatic carbocycles. The lowest BCUT2D eigenvalue weighted by Crippen LogP contribution is -2.37. The number of halogens is 1. The van der Waals surface area contributed by atoms with E-state index >= 15 is 0 Å². The van der Waals surface area contributed by atoms with E-state index in [0.717, 1.165) is 0 Å². The zero-order chi connectivity index (χ0) is 11.3. The molecule has 0 unspecified atom stereocenters. The molecule has 4 nitrogen and oxygen atoms in total. The molecule has 1 aromatic rings. The third kappa shape index (κ3) is 4.18. The fourth-order valence-electron chi connectivity index (χ4n) is 1.00. The number of benzene rings is 1. The molecule has 0 bridgehead atoms. The molecule has 0 saturated carbocycles. The van der Waals surface area contributed by atoms with Gasteiger partial charge in [-0.05, 0) is 18.2 Å². The van der Waals surface area contributed by atoms with Crippen LogP contribution in [0.15, 0.2) is 24.3 Å². The van der Waals surface area contributed by atoms with Gasteiger partial charge in [0.2, 0.25) is 5.91 Å². The van der Waals surface area contributed by atoms with E-state index in [0.29, 0.717) is 23.8 Å². The Balaban J connectivity index is 2.35. The number of nitrogens with two attached hydrogens (primary N) is 2. The minimum atomic E-state index is -0.663. The van der Waals surface area contributed by atoms with Crippen molar-refractivity contribution in [2.24, 2.45) is 11.5 Å². The highest BCUT2D eigenvalue weighted by atomic mass is 35.5. The van der Waals surface area contributed by atoms with Crippen molar-refractivity contribution in [1.82, 2.24) is 0 Å². The Labute approximate surface area is 93.1 Å². The molecule has 1 atom stereocenters. The third-order valence-corrected chi connectivity index (χ3v) is 2.09. The second kappa shape index (κ2) is 5.58. The molecule has 1 rings (SSSR count). The molecule has 1 aromatic carbocycles. The van der Waals surface area contributed by atoms with Gasteiger partial charge < -0.3 is 16.2 Å². The van der Waals surface area contributed by atoms with Crippen LogP contribution in [0.5, 0.6) is 5.75 Å². The number of primary amides is 1. The minimum Gasteiger partial charge on any atom is -0.493 e. The van der Waals surface area contributed by atoms with E-state index in [-0.39, 0.29) is 0 Å². The van der Waals surface area contributed by atoms with Crippen molar-refractivity contribution >= 4 is 17.5 Å². The summed E-state index contributed by atoms with van der Waals surface area (Å²) in [4.78, 5) is 10.6. The number of rotatable bonds is 5. The number of ether oxygens (including phenoxy) is 1. The van der Waals surface area contributed by atoms with Crippen LogP contribution in [0, 0.1) is 0 Å². The van der Waals surface area contributed by atoms with Crippen LogP contribution >= 0.6 is 11.6 Å². The highest BCUT2D eigenvalue weighted by Crippen LogP contribution is 2.17. The van der Waals surface area contributed by atoms with Crippen LogP contribution in [0.2, 0.25) is 5.02 Å². The van der Waals surface area contributed by atoms with Gasteiger partial charge in [-0.15, -0.1) is 0 Å². The Morgan fingerprint density at radius 3 is 2.87 bits per heavy atom. The Bertz CT molecular complexity index is 344. The van der Waals surface area contributed by atoms with Crippen molar-refractivity contribution in [3.8, 4) is 5.75 Å². The third-order valence-electron chi connectivity index (χ3n) is 1.86. The summed E-state index contributed by atoms with van der Waals surface area (Å²) in [6, 6.07) is 6.35. The van der Waals surface area contributed by atoms with Gasteiger partial charge in [0.25, 0.3) is 0 Å². The van der Waals surface area contributed by atoms with E-state index in [2.05, 4.69) is 0 Å². The van der Waals surface area contributed by atoms with Crippen molar-refractivity contribution in [3.63, 3.8) is 0 Å². The summed E-state index contributed by atoms with van der Waals surface area (Å²) in [7, 11) is 0. The van der Waals surface area contributed by atoms with Crippen LogP contribution in [-0.4, -0.2) is 18.6 Å². The normalized spacial score (nSPS) is 12.1. The largest absolute Gasteiger partial charge is 0.493 e. The van der Waals surface area contributed by atoms with Gasteiger partial charge in [0.1, 0.15) is 5.75 Å². The maximum Gasteiger partial charge on any atom is 0.234 e. The van der Waals surface area contributed by atoms with Crippen molar-refractivity contribution < 1.29 is 9.53 Å². The molecule has 1 amide bonds. The molecule has 0 heterocycles. The number of carbonyl (C=O) groups excluding carboxylic acids is 1. The molecular weight excluding hydrogens is 216 g/mol. The average molecular weight is 229 g/mol. The van der Waals surface area contributed by atoms with E-state index in [1.54, 1.807) is 24.3 Å². The minimum absolute atomic E-state index is 0.338. The van der Waals surface area contributed by atoms with Crippen LogP contribution < -0.4 is 16.2 Å². The highest BCUT2D eigenvalue weighted by molar-refractivity contribution is 6.30. The summed E-state index contributed by atoms with van der Waals surface area (Å²) in [5.41, 5.74) is 10.4. The van der Waals surface area contributed by atoms with E-state index < -0.39 is 11.9 Å². The van der Waals surface area contributed by atoms with Gasteiger partial charge in [0.15, 0.2) is 0 Å². The van der Waals surface area contributed by atoms with Gasteiger partial charge in [0.05, 0.1) is 12.6 Å². The molecule has 0 spiro atoms. The van der Waals surface area contributed by atoms with Crippen molar-refractivity contribution in [2.75, 3.05) is 6.61 Å². The van der Waals surface area contributed by atoms with E-state index in [4.69, 9.17) is 27.8 Å². The summed E-state index contributed by atoms with van der Waals surface area (Å²) in [5, 5.41) is 0.603. The molecule has 0 saturated heterocycles. The van der Waals surface area contributed by atoms with Gasteiger partial charge >= 0.3 is 0 Å². The van der Waals surface area contributed by atoms with Crippen LogP contribution in [0.3, 0.4) is 0 Å². The lowest BCUT2D eigenvalue weighted by molar-refractivity contribution is -0.119. The Morgan fingerprint density at radius 2 is 2.27 bits per heavy atom. The average Bonchev–Trinajstić information content (AvgIpc) is 2.17. The first kappa shape index (κ1) is 11.8.